The van der Waals surface area contributed by atoms with Gasteiger partial charge in [0.2, 0.25) is 0 Å². The predicted octanol–water partition coefficient (Wildman–Crippen LogP) is 1.80. The van der Waals surface area contributed by atoms with E-state index in [9.17, 15) is 4.79 Å². The molecule has 0 spiro atoms. The third-order valence-electron chi connectivity index (χ3n) is 3.06. The van der Waals surface area contributed by atoms with Crippen LogP contribution in [-0.2, 0) is 7.05 Å². The molecule has 0 aliphatic heterocycles. The molecule has 2 heterocycles. The number of benzene rings is 1. The topological polar surface area (TPSA) is 74.5 Å². The summed E-state index contributed by atoms with van der Waals surface area (Å²) in [7, 11) is 1.89. The lowest BCUT2D eigenvalue weighted by atomic mass is 10.2. The van der Waals surface area contributed by atoms with Gasteiger partial charge < -0.3 is 9.55 Å². The molecule has 1 N–H and O–H groups in total. The molecule has 5 heteroatoms. The van der Waals surface area contributed by atoms with Crippen molar-refractivity contribution in [2.75, 3.05) is 0 Å². The fraction of sp³-hybridized carbons (Fsp3) is 0.0714. The summed E-state index contributed by atoms with van der Waals surface area (Å²) in [5.74, 6) is 0.669. The molecule has 0 atom stereocenters. The molecule has 5 nitrogen and oxygen atoms in total. The number of H-pyrrole nitrogens is 1. The lowest BCUT2D eigenvalue weighted by Crippen LogP contribution is -2.11. The van der Waals surface area contributed by atoms with Crippen LogP contribution in [0.4, 0.5) is 0 Å². The van der Waals surface area contributed by atoms with E-state index in [1.54, 1.807) is 6.07 Å². The van der Waals surface area contributed by atoms with Gasteiger partial charge in [-0.2, -0.15) is 5.26 Å². The van der Waals surface area contributed by atoms with Crippen molar-refractivity contribution < 1.29 is 0 Å². The van der Waals surface area contributed by atoms with E-state index in [0.717, 1.165) is 11.0 Å². The Morgan fingerprint density at radius 3 is 2.74 bits per heavy atom. The van der Waals surface area contributed by atoms with Gasteiger partial charge in [0.05, 0.1) is 16.7 Å². The molecule has 0 saturated carbocycles. The van der Waals surface area contributed by atoms with Crippen molar-refractivity contribution in [3.05, 3.63) is 52.3 Å². The minimum absolute atomic E-state index is 0.0996. The molecule has 0 radical (unpaired) electrons. The minimum atomic E-state index is -0.396. The Bertz CT molecular complexity index is 867. The van der Waals surface area contributed by atoms with Gasteiger partial charge in [-0.05, 0) is 24.3 Å². The Hall–Kier alpha value is -2.87. The zero-order valence-corrected chi connectivity index (χ0v) is 10.2. The molecule has 3 aromatic rings. The normalized spacial score (nSPS) is 10.5. The summed E-state index contributed by atoms with van der Waals surface area (Å²) in [6.07, 6.45) is 0. The molecular formula is C14H10N4O. The van der Waals surface area contributed by atoms with E-state index in [-0.39, 0.29) is 5.56 Å². The molecule has 0 bridgehead atoms. The van der Waals surface area contributed by atoms with Crippen LogP contribution in [0, 0.1) is 11.3 Å². The highest BCUT2D eigenvalue weighted by molar-refractivity contribution is 5.79. The van der Waals surface area contributed by atoms with Crippen LogP contribution in [0.25, 0.3) is 22.6 Å². The first-order valence-electron chi connectivity index (χ1n) is 5.76. The number of nitrogens with one attached hydrogen (secondary N) is 1. The Morgan fingerprint density at radius 1 is 1.26 bits per heavy atom. The van der Waals surface area contributed by atoms with Crippen LogP contribution in [0.5, 0.6) is 0 Å². The summed E-state index contributed by atoms with van der Waals surface area (Å²) in [6.45, 7) is 0. The summed E-state index contributed by atoms with van der Waals surface area (Å²) in [6, 6.07) is 12.8. The smallest absolute Gasteiger partial charge is 0.266 e. The van der Waals surface area contributed by atoms with E-state index >= 15 is 0 Å². The Morgan fingerprint density at radius 2 is 2.05 bits per heavy atom. The summed E-state index contributed by atoms with van der Waals surface area (Å²) in [5.41, 5.74) is 2.16. The molecule has 0 aliphatic carbocycles. The number of nitriles is 1. The van der Waals surface area contributed by atoms with Gasteiger partial charge in [0, 0.05) is 7.05 Å². The van der Waals surface area contributed by atoms with Crippen molar-refractivity contribution in [2.45, 2.75) is 0 Å². The molecule has 2 aromatic heterocycles. The lowest BCUT2D eigenvalue weighted by Gasteiger charge is -2.02. The average Bonchev–Trinajstić information content (AvgIpc) is 2.77. The first-order valence-corrected chi connectivity index (χ1v) is 5.76. The predicted molar refractivity (Wildman–Crippen MR) is 71.5 cm³/mol. The highest BCUT2D eigenvalue weighted by atomic mass is 16.1. The molecule has 0 fully saturated rings. The van der Waals surface area contributed by atoms with Gasteiger partial charge in [-0.3, -0.25) is 4.79 Å². The van der Waals surface area contributed by atoms with Crippen molar-refractivity contribution in [1.82, 2.24) is 14.5 Å². The lowest BCUT2D eigenvalue weighted by molar-refractivity contribution is 0.947. The number of imidazole rings is 1. The van der Waals surface area contributed by atoms with Crippen LogP contribution in [0.3, 0.4) is 0 Å². The van der Waals surface area contributed by atoms with Crippen LogP contribution in [0.15, 0.2) is 41.2 Å². The largest absolute Gasteiger partial charge is 0.326 e. The minimum Gasteiger partial charge on any atom is -0.326 e. The molecule has 0 aliphatic rings. The SMILES string of the molecule is Cn1c(-c2ccc(C#N)c(=O)[nH]2)nc2ccccc21. The van der Waals surface area contributed by atoms with Gasteiger partial charge in [-0.1, -0.05) is 12.1 Å². The zero-order chi connectivity index (χ0) is 13.4. The van der Waals surface area contributed by atoms with E-state index < -0.39 is 5.56 Å². The van der Waals surface area contributed by atoms with E-state index in [1.165, 1.54) is 6.07 Å². The second-order valence-electron chi connectivity index (χ2n) is 4.21. The maximum atomic E-state index is 11.7. The summed E-state index contributed by atoms with van der Waals surface area (Å²) in [4.78, 5) is 18.8. The third kappa shape index (κ3) is 1.70. The fourth-order valence-corrected chi connectivity index (χ4v) is 2.08. The molecule has 0 unspecified atom stereocenters. The van der Waals surface area contributed by atoms with Crippen molar-refractivity contribution in [3.8, 4) is 17.6 Å². The summed E-state index contributed by atoms with van der Waals surface area (Å²) >= 11 is 0. The van der Waals surface area contributed by atoms with E-state index in [2.05, 4.69) is 9.97 Å². The Kier molecular flexibility index (Phi) is 2.43. The van der Waals surface area contributed by atoms with Gasteiger partial charge in [0.25, 0.3) is 5.56 Å². The highest BCUT2D eigenvalue weighted by Crippen LogP contribution is 2.21. The second kappa shape index (κ2) is 4.10. The first-order chi connectivity index (χ1) is 9.20. The number of para-hydroxylation sites is 2. The Labute approximate surface area is 108 Å². The van der Waals surface area contributed by atoms with Gasteiger partial charge in [-0.25, -0.2) is 4.98 Å². The summed E-state index contributed by atoms with van der Waals surface area (Å²) in [5, 5.41) is 8.76. The van der Waals surface area contributed by atoms with Gasteiger partial charge in [0.15, 0.2) is 5.82 Å². The number of fused-ring (bicyclic) bond motifs is 1. The monoisotopic (exact) mass is 250 g/mol. The van der Waals surface area contributed by atoms with Crippen LogP contribution >= 0.6 is 0 Å². The zero-order valence-electron chi connectivity index (χ0n) is 10.2. The van der Waals surface area contributed by atoms with Crippen LogP contribution < -0.4 is 5.56 Å². The first kappa shape index (κ1) is 11.2. The van der Waals surface area contributed by atoms with Crippen molar-refractivity contribution >= 4 is 11.0 Å². The van der Waals surface area contributed by atoms with Crippen molar-refractivity contribution in [2.24, 2.45) is 7.05 Å². The number of aromatic amines is 1. The van der Waals surface area contributed by atoms with E-state index in [4.69, 9.17) is 5.26 Å². The summed E-state index contributed by atoms with van der Waals surface area (Å²) < 4.78 is 1.91. The fourth-order valence-electron chi connectivity index (χ4n) is 2.08. The standard InChI is InChI=1S/C14H10N4O/c1-18-12-5-3-2-4-10(12)16-13(18)11-7-6-9(8-15)14(19)17-11/h2-7H,1H3,(H,17,19). The molecule has 0 saturated heterocycles. The number of nitrogens with zero attached hydrogens (tertiary/aromatic N) is 3. The number of pyridine rings is 1. The number of rotatable bonds is 1. The molecule has 3 rings (SSSR count). The maximum Gasteiger partial charge on any atom is 0.266 e. The van der Waals surface area contributed by atoms with E-state index in [0.29, 0.717) is 11.5 Å². The van der Waals surface area contributed by atoms with Gasteiger partial charge >= 0.3 is 0 Å². The number of hydrogen-bond acceptors (Lipinski definition) is 3. The Balaban J connectivity index is 2.25. The number of aromatic nitrogens is 3. The average molecular weight is 250 g/mol. The van der Waals surface area contributed by atoms with Crippen LogP contribution in [0.2, 0.25) is 0 Å². The van der Waals surface area contributed by atoms with Gasteiger partial charge in [0.1, 0.15) is 11.6 Å². The van der Waals surface area contributed by atoms with Crippen LogP contribution in [-0.4, -0.2) is 14.5 Å². The number of hydrogen-bond donors (Lipinski definition) is 1. The highest BCUT2D eigenvalue weighted by Gasteiger charge is 2.10. The molecule has 0 amide bonds. The number of aryl methyl sites for hydroxylation is 1. The maximum absolute atomic E-state index is 11.7. The van der Waals surface area contributed by atoms with E-state index in [1.807, 2.05) is 41.9 Å². The molecule has 1 aromatic carbocycles. The quantitative estimate of drug-likeness (QED) is 0.715. The molecular weight excluding hydrogens is 240 g/mol. The van der Waals surface area contributed by atoms with Crippen molar-refractivity contribution in [1.29, 1.82) is 5.26 Å². The van der Waals surface area contributed by atoms with Gasteiger partial charge in [-0.15, -0.1) is 0 Å². The molecule has 19 heavy (non-hydrogen) atoms. The van der Waals surface area contributed by atoms with Crippen molar-refractivity contribution in [3.63, 3.8) is 0 Å². The molecule has 92 valence electrons. The third-order valence-corrected chi connectivity index (χ3v) is 3.06. The van der Waals surface area contributed by atoms with Crippen LogP contribution in [0.1, 0.15) is 5.56 Å². The second-order valence-corrected chi connectivity index (χ2v) is 4.21.